The average molecular weight is 348 g/mol. The Balaban J connectivity index is 1.89. The largest absolute Gasteiger partial charge is 0.296 e. The van der Waals surface area contributed by atoms with Crippen molar-refractivity contribution < 1.29 is 13.2 Å². The third-order valence-electron chi connectivity index (χ3n) is 3.04. The van der Waals surface area contributed by atoms with Gasteiger partial charge in [0.1, 0.15) is 0 Å². The Morgan fingerprint density at radius 3 is 2.61 bits per heavy atom. The van der Waals surface area contributed by atoms with Crippen LogP contribution in [0.5, 0.6) is 0 Å². The van der Waals surface area contributed by atoms with Gasteiger partial charge in [0, 0.05) is 6.26 Å². The van der Waals surface area contributed by atoms with E-state index in [0.717, 1.165) is 11.9 Å². The Kier molecular flexibility index (Phi) is 3.82. The number of thiazole rings is 1. The monoisotopic (exact) mass is 348 g/mol. The Labute approximate surface area is 136 Å². The number of nitrogens with one attached hydrogen (secondary N) is 1. The summed E-state index contributed by atoms with van der Waals surface area (Å²) in [5.74, 6) is -0.417. The molecule has 0 spiro atoms. The van der Waals surface area contributed by atoms with E-state index in [1.54, 1.807) is 31.2 Å². The maximum absolute atomic E-state index is 12.1. The molecule has 1 aromatic carbocycles. The summed E-state index contributed by atoms with van der Waals surface area (Å²) in [5.41, 5.74) is 1.52. The van der Waals surface area contributed by atoms with E-state index in [-0.39, 0.29) is 10.6 Å². The van der Waals surface area contributed by atoms with E-state index in [1.807, 2.05) is 0 Å². The number of aryl methyl sites for hydroxylation is 1. The minimum absolute atomic E-state index is 0.187. The van der Waals surface area contributed by atoms with E-state index < -0.39 is 15.7 Å². The van der Waals surface area contributed by atoms with Crippen LogP contribution in [0.25, 0.3) is 10.2 Å². The van der Waals surface area contributed by atoms with Gasteiger partial charge in [-0.15, -0.1) is 5.10 Å². The third kappa shape index (κ3) is 3.35. The molecule has 0 fully saturated rings. The van der Waals surface area contributed by atoms with E-state index >= 15 is 0 Å². The number of rotatable bonds is 3. The van der Waals surface area contributed by atoms with Gasteiger partial charge in [0.25, 0.3) is 5.91 Å². The number of anilines is 1. The number of carbonyl (C=O) groups is 1. The molecule has 1 N–H and O–H groups in total. The third-order valence-corrected chi connectivity index (χ3v) is 5.08. The summed E-state index contributed by atoms with van der Waals surface area (Å²) < 4.78 is 23.8. The van der Waals surface area contributed by atoms with Crippen molar-refractivity contribution in [2.24, 2.45) is 0 Å². The van der Waals surface area contributed by atoms with E-state index in [2.05, 4.69) is 20.5 Å². The van der Waals surface area contributed by atoms with Crippen LogP contribution in [0.4, 0.5) is 5.13 Å². The van der Waals surface area contributed by atoms with Crippen LogP contribution in [0.3, 0.4) is 0 Å². The van der Waals surface area contributed by atoms with Gasteiger partial charge in [0.15, 0.2) is 20.7 Å². The Hall–Kier alpha value is -2.39. The van der Waals surface area contributed by atoms with Crippen molar-refractivity contribution in [3.63, 3.8) is 0 Å². The number of sulfone groups is 1. The lowest BCUT2D eigenvalue weighted by molar-refractivity contribution is 0.102. The zero-order valence-electron chi connectivity index (χ0n) is 12.3. The molecule has 0 atom stereocenters. The first kappa shape index (κ1) is 15.5. The number of carbonyl (C=O) groups excluding carboxylic acids is 1. The summed E-state index contributed by atoms with van der Waals surface area (Å²) in [6.07, 6.45) is 1.15. The van der Waals surface area contributed by atoms with Crippen LogP contribution in [-0.4, -0.2) is 35.8 Å². The van der Waals surface area contributed by atoms with Crippen molar-refractivity contribution in [2.45, 2.75) is 11.8 Å². The van der Waals surface area contributed by atoms with Gasteiger partial charge in [0.2, 0.25) is 0 Å². The van der Waals surface area contributed by atoms with Crippen LogP contribution in [0.2, 0.25) is 0 Å². The fourth-order valence-electron chi connectivity index (χ4n) is 1.87. The molecular weight excluding hydrogens is 336 g/mol. The quantitative estimate of drug-likeness (QED) is 0.777. The van der Waals surface area contributed by atoms with Crippen LogP contribution in [0.15, 0.2) is 35.2 Å². The van der Waals surface area contributed by atoms with Crippen LogP contribution in [0.1, 0.15) is 16.2 Å². The van der Waals surface area contributed by atoms with Crippen LogP contribution >= 0.6 is 11.3 Å². The summed E-state index contributed by atoms with van der Waals surface area (Å²) in [5, 5.41) is 10.7. The summed E-state index contributed by atoms with van der Waals surface area (Å²) >= 11 is 1.20. The number of aromatic nitrogens is 3. The van der Waals surface area contributed by atoms with Gasteiger partial charge in [-0.1, -0.05) is 11.3 Å². The molecule has 2 aromatic heterocycles. The smallest absolute Gasteiger partial charge is 0.277 e. The highest BCUT2D eigenvalue weighted by Crippen LogP contribution is 2.28. The van der Waals surface area contributed by atoms with Crippen molar-refractivity contribution in [3.8, 4) is 0 Å². The fourth-order valence-corrected chi connectivity index (χ4v) is 3.49. The van der Waals surface area contributed by atoms with E-state index in [1.165, 1.54) is 17.4 Å². The summed E-state index contributed by atoms with van der Waals surface area (Å²) in [4.78, 5) is 16.6. The van der Waals surface area contributed by atoms with Crippen molar-refractivity contribution in [1.29, 1.82) is 0 Å². The maximum atomic E-state index is 12.1. The Bertz CT molecular complexity index is 995. The molecule has 3 rings (SSSR count). The number of amides is 1. The van der Waals surface area contributed by atoms with Gasteiger partial charge in [-0.3, -0.25) is 10.1 Å². The average Bonchev–Trinajstić information content (AvgIpc) is 2.88. The highest BCUT2D eigenvalue weighted by atomic mass is 32.2. The zero-order chi connectivity index (χ0) is 16.6. The SMILES string of the molecule is Cc1ccc(C(=O)Nc2nc3ccc(S(C)(=O)=O)cc3s2)nn1. The second-order valence-electron chi connectivity index (χ2n) is 4.93. The molecule has 0 radical (unpaired) electrons. The first-order valence-electron chi connectivity index (χ1n) is 6.55. The Morgan fingerprint density at radius 1 is 1.17 bits per heavy atom. The molecule has 9 heteroatoms. The second kappa shape index (κ2) is 5.67. The molecule has 7 nitrogen and oxygen atoms in total. The van der Waals surface area contributed by atoms with Gasteiger partial charge in [-0.25, -0.2) is 13.4 Å². The molecule has 3 aromatic rings. The van der Waals surface area contributed by atoms with Gasteiger partial charge in [-0.2, -0.15) is 5.10 Å². The molecule has 0 aliphatic rings. The highest BCUT2D eigenvalue weighted by molar-refractivity contribution is 7.90. The molecule has 0 bridgehead atoms. The number of hydrogen-bond donors (Lipinski definition) is 1. The molecule has 0 saturated carbocycles. The minimum Gasteiger partial charge on any atom is -0.296 e. The summed E-state index contributed by atoms with van der Waals surface area (Å²) in [6.45, 7) is 1.78. The molecule has 0 unspecified atom stereocenters. The summed E-state index contributed by atoms with van der Waals surface area (Å²) in [6, 6.07) is 7.92. The lowest BCUT2D eigenvalue weighted by Gasteiger charge is -1.99. The normalized spacial score (nSPS) is 11.6. The molecule has 0 saturated heterocycles. The molecule has 2 heterocycles. The first-order valence-corrected chi connectivity index (χ1v) is 9.26. The van der Waals surface area contributed by atoms with Crippen LogP contribution < -0.4 is 5.32 Å². The van der Waals surface area contributed by atoms with Crippen molar-refractivity contribution in [3.05, 3.63) is 41.7 Å². The second-order valence-corrected chi connectivity index (χ2v) is 7.98. The van der Waals surface area contributed by atoms with Gasteiger partial charge >= 0.3 is 0 Å². The van der Waals surface area contributed by atoms with Gasteiger partial charge in [-0.05, 0) is 37.3 Å². The minimum atomic E-state index is -3.28. The molecule has 0 aliphatic carbocycles. The first-order chi connectivity index (χ1) is 10.8. The van der Waals surface area contributed by atoms with Crippen LogP contribution in [-0.2, 0) is 9.84 Å². The molecular formula is C14H12N4O3S2. The van der Waals surface area contributed by atoms with Crippen LogP contribution in [0, 0.1) is 6.92 Å². The number of benzene rings is 1. The lowest BCUT2D eigenvalue weighted by Crippen LogP contribution is -2.14. The Morgan fingerprint density at radius 2 is 1.96 bits per heavy atom. The number of hydrogen-bond acceptors (Lipinski definition) is 7. The molecule has 0 aliphatic heterocycles. The standard InChI is InChI=1S/C14H12N4O3S2/c1-8-3-5-11(18-17-8)13(19)16-14-15-10-6-4-9(23(2,20)21)7-12(10)22-14/h3-7H,1-2H3,(H,15,16,19). The number of fused-ring (bicyclic) bond motifs is 1. The van der Waals surface area contributed by atoms with E-state index in [9.17, 15) is 13.2 Å². The van der Waals surface area contributed by atoms with Gasteiger partial charge < -0.3 is 0 Å². The topological polar surface area (TPSA) is 102 Å². The van der Waals surface area contributed by atoms with Gasteiger partial charge in [0.05, 0.1) is 20.8 Å². The molecule has 118 valence electrons. The molecule has 23 heavy (non-hydrogen) atoms. The fraction of sp³-hybridized carbons (Fsp3) is 0.143. The van der Waals surface area contributed by atoms with Crippen molar-refractivity contribution in [1.82, 2.24) is 15.2 Å². The summed E-state index contributed by atoms with van der Waals surface area (Å²) in [7, 11) is -3.28. The number of nitrogens with zero attached hydrogens (tertiary/aromatic N) is 3. The predicted octanol–water partition coefficient (Wildman–Crippen LogP) is 2.05. The van der Waals surface area contributed by atoms with Crippen molar-refractivity contribution in [2.75, 3.05) is 11.6 Å². The van der Waals surface area contributed by atoms with E-state index in [4.69, 9.17) is 0 Å². The van der Waals surface area contributed by atoms with Crippen molar-refractivity contribution >= 4 is 42.4 Å². The zero-order valence-corrected chi connectivity index (χ0v) is 13.9. The predicted molar refractivity (Wildman–Crippen MR) is 87.5 cm³/mol. The lowest BCUT2D eigenvalue weighted by atomic mass is 10.3. The molecule has 1 amide bonds. The maximum Gasteiger partial charge on any atom is 0.277 e. The van der Waals surface area contributed by atoms with E-state index in [0.29, 0.717) is 15.3 Å². The highest BCUT2D eigenvalue weighted by Gasteiger charge is 2.13.